The minimum absolute atomic E-state index is 0.00902. The molecule has 8 heteroatoms. The maximum Gasteiger partial charge on any atom is 0.202 e. The lowest BCUT2D eigenvalue weighted by molar-refractivity contribution is 0.374. The lowest BCUT2D eigenvalue weighted by atomic mass is 10.1. The Kier molecular flexibility index (Phi) is 6.37. The van der Waals surface area contributed by atoms with Crippen LogP contribution in [0.1, 0.15) is 11.1 Å². The van der Waals surface area contributed by atoms with E-state index in [9.17, 15) is 5.11 Å². The molecule has 1 aromatic heterocycles. The number of hydrogen-bond acceptors (Lipinski definition) is 6. The first kappa shape index (κ1) is 21.3. The third-order valence-corrected chi connectivity index (χ3v) is 4.89. The molecule has 0 saturated heterocycles. The average molecular weight is 409 g/mol. The molecule has 0 amide bonds. The molecule has 0 fully saturated rings. The number of phenolic OH excluding ortho intramolecular Hbond substituents is 1. The number of nitrogens with zero attached hydrogens (tertiary/aromatic N) is 5. The Hall–Kier alpha value is -3.39. The van der Waals surface area contributed by atoms with Crippen LogP contribution in [0, 0.1) is 13.8 Å². The summed E-state index contributed by atoms with van der Waals surface area (Å²) in [7, 11) is 5.53. The predicted molar refractivity (Wildman–Crippen MR) is 121 cm³/mol. The van der Waals surface area contributed by atoms with Crippen LogP contribution < -0.4 is 15.4 Å². The van der Waals surface area contributed by atoms with E-state index in [4.69, 9.17) is 10.5 Å². The molecule has 30 heavy (non-hydrogen) atoms. The van der Waals surface area contributed by atoms with Gasteiger partial charge in [0.15, 0.2) is 17.3 Å². The number of likely N-dealkylation sites (N-methyl/N-ethyl adjacent to an activating group) is 1. The van der Waals surface area contributed by atoms with Crippen molar-refractivity contribution in [2.75, 3.05) is 39.2 Å². The van der Waals surface area contributed by atoms with Gasteiger partial charge in [-0.2, -0.15) is 4.99 Å². The number of para-hydroxylation sites is 1. The van der Waals surface area contributed by atoms with Crippen LogP contribution in [-0.4, -0.2) is 60.2 Å². The van der Waals surface area contributed by atoms with Gasteiger partial charge in [-0.25, -0.2) is 9.97 Å². The van der Waals surface area contributed by atoms with Crippen molar-refractivity contribution >= 4 is 28.4 Å². The van der Waals surface area contributed by atoms with Crippen molar-refractivity contribution in [3.05, 3.63) is 47.8 Å². The van der Waals surface area contributed by atoms with E-state index in [0.717, 1.165) is 23.4 Å². The minimum atomic E-state index is 0.00902. The van der Waals surface area contributed by atoms with Crippen LogP contribution in [0.15, 0.2) is 41.7 Å². The summed E-state index contributed by atoms with van der Waals surface area (Å²) in [6.45, 7) is 5.59. The van der Waals surface area contributed by atoms with Crippen molar-refractivity contribution in [3.63, 3.8) is 0 Å². The van der Waals surface area contributed by atoms with Gasteiger partial charge in [0.1, 0.15) is 6.33 Å². The summed E-state index contributed by atoms with van der Waals surface area (Å²) in [6, 6.07) is 9.35. The third-order valence-electron chi connectivity index (χ3n) is 4.89. The van der Waals surface area contributed by atoms with E-state index in [1.807, 2.05) is 25.1 Å². The Morgan fingerprint density at radius 1 is 1.13 bits per heavy atom. The molecule has 0 atom stereocenters. The molecule has 0 aliphatic rings. The van der Waals surface area contributed by atoms with Crippen molar-refractivity contribution in [1.82, 2.24) is 14.9 Å². The summed E-state index contributed by atoms with van der Waals surface area (Å²) in [6.07, 6.45) is 1.41. The van der Waals surface area contributed by atoms with E-state index in [1.54, 1.807) is 6.07 Å². The van der Waals surface area contributed by atoms with Crippen LogP contribution in [0.5, 0.6) is 11.5 Å². The summed E-state index contributed by atoms with van der Waals surface area (Å²) >= 11 is 0. The second-order valence-electron chi connectivity index (χ2n) is 7.40. The number of nitrogens with two attached hydrogens (primary N) is 1. The highest BCUT2D eigenvalue weighted by Gasteiger charge is 2.17. The number of benzene rings is 2. The van der Waals surface area contributed by atoms with Gasteiger partial charge >= 0.3 is 0 Å². The Balaban J connectivity index is 2.11. The number of methoxy groups -OCH3 is 1. The van der Waals surface area contributed by atoms with E-state index < -0.39 is 0 Å². The van der Waals surface area contributed by atoms with E-state index in [0.29, 0.717) is 35.0 Å². The fraction of sp³-hybridized carbons (Fsp3) is 0.318. The maximum atomic E-state index is 10.0. The number of fused-ring (bicyclic) bond motifs is 1. The van der Waals surface area contributed by atoms with Crippen LogP contribution in [-0.2, 0) is 0 Å². The maximum absolute atomic E-state index is 10.0. The molecular weight excluding hydrogens is 380 g/mol. The van der Waals surface area contributed by atoms with Crippen LogP contribution in [0.3, 0.4) is 0 Å². The van der Waals surface area contributed by atoms with Gasteiger partial charge in [0, 0.05) is 30.2 Å². The van der Waals surface area contributed by atoms with Crippen LogP contribution in [0.2, 0.25) is 0 Å². The number of anilines is 1. The van der Waals surface area contributed by atoms with Crippen molar-refractivity contribution in [1.29, 1.82) is 0 Å². The largest absolute Gasteiger partial charge is 0.504 e. The van der Waals surface area contributed by atoms with Gasteiger partial charge in [-0.3, -0.25) is 0 Å². The molecule has 2 aromatic carbocycles. The Bertz CT molecular complexity index is 1060. The van der Waals surface area contributed by atoms with Gasteiger partial charge in [0.05, 0.1) is 12.6 Å². The lowest BCUT2D eigenvalue weighted by Gasteiger charge is -2.28. The second-order valence-corrected chi connectivity index (χ2v) is 7.40. The highest BCUT2D eigenvalue weighted by atomic mass is 16.5. The van der Waals surface area contributed by atoms with E-state index in [2.05, 4.69) is 45.8 Å². The van der Waals surface area contributed by atoms with Gasteiger partial charge in [-0.1, -0.05) is 18.2 Å². The Morgan fingerprint density at radius 3 is 2.47 bits per heavy atom. The number of hydrogen-bond donors (Lipinski definition) is 2. The highest BCUT2D eigenvalue weighted by molar-refractivity contribution is 6.00. The molecule has 3 rings (SSSR count). The molecule has 0 aliphatic carbocycles. The Morgan fingerprint density at radius 2 is 1.83 bits per heavy atom. The number of guanidine groups is 1. The van der Waals surface area contributed by atoms with Gasteiger partial charge in [-0.15, -0.1) is 0 Å². The number of ether oxygens (including phenoxy) is 1. The fourth-order valence-electron chi connectivity index (χ4n) is 3.35. The van der Waals surface area contributed by atoms with Crippen molar-refractivity contribution in [3.8, 4) is 11.5 Å². The third kappa shape index (κ3) is 4.44. The summed E-state index contributed by atoms with van der Waals surface area (Å²) in [5, 5.41) is 10.7. The van der Waals surface area contributed by atoms with Gasteiger partial charge in [0.2, 0.25) is 5.96 Å². The van der Waals surface area contributed by atoms with E-state index in [1.165, 1.54) is 19.5 Å². The molecule has 0 unspecified atom stereocenters. The highest BCUT2D eigenvalue weighted by Crippen LogP contribution is 2.34. The first-order valence-corrected chi connectivity index (χ1v) is 9.66. The number of aromatic hydroxyl groups is 1. The first-order valence-electron chi connectivity index (χ1n) is 9.66. The smallest absolute Gasteiger partial charge is 0.202 e. The number of aliphatic imine (C=N–C) groups is 1. The van der Waals surface area contributed by atoms with Gasteiger partial charge < -0.3 is 25.4 Å². The quantitative estimate of drug-likeness (QED) is 0.478. The molecule has 0 aliphatic heterocycles. The molecule has 8 nitrogen and oxygen atoms in total. The molecule has 1 heterocycles. The first-order chi connectivity index (χ1) is 14.3. The summed E-state index contributed by atoms with van der Waals surface area (Å²) in [5.41, 5.74) is 10.3. The van der Waals surface area contributed by atoms with Crippen LogP contribution in [0.4, 0.5) is 11.5 Å². The SMILES string of the molecule is COc1cc2c(/N=C(\N)N(CCN(C)C)c3c(C)cccc3C)ncnc2cc1O. The van der Waals surface area contributed by atoms with Crippen molar-refractivity contribution < 1.29 is 9.84 Å². The molecule has 3 aromatic rings. The number of phenols is 1. The molecule has 0 radical (unpaired) electrons. The topological polar surface area (TPSA) is 100 Å². The average Bonchev–Trinajstić information content (AvgIpc) is 2.69. The predicted octanol–water partition coefficient (Wildman–Crippen LogP) is 2.98. The number of aromatic nitrogens is 2. The number of aryl methyl sites for hydroxylation is 2. The van der Waals surface area contributed by atoms with Crippen LogP contribution >= 0.6 is 0 Å². The zero-order chi connectivity index (χ0) is 21.8. The minimum Gasteiger partial charge on any atom is -0.504 e. The van der Waals surface area contributed by atoms with E-state index in [-0.39, 0.29) is 5.75 Å². The van der Waals surface area contributed by atoms with E-state index >= 15 is 0 Å². The normalized spacial score (nSPS) is 11.9. The molecule has 0 saturated carbocycles. The van der Waals surface area contributed by atoms with Crippen molar-refractivity contribution in [2.45, 2.75) is 13.8 Å². The standard InChI is InChI=1S/C22H28N6O2/c1-14-7-6-8-15(2)20(14)28(10-9-27(3)4)22(23)26-21-16-11-19(30-5)18(29)12-17(16)24-13-25-21/h6-8,11-13,29H,9-10H2,1-5H3,(H2,23,24,25,26). The molecule has 0 spiro atoms. The zero-order valence-electron chi connectivity index (χ0n) is 18.0. The van der Waals surface area contributed by atoms with Gasteiger partial charge in [0.25, 0.3) is 0 Å². The van der Waals surface area contributed by atoms with Gasteiger partial charge in [-0.05, 0) is 45.1 Å². The summed E-state index contributed by atoms with van der Waals surface area (Å²) in [4.78, 5) is 17.3. The second kappa shape index (κ2) is 8.96. The van der Waals surface area contributed by atoms with Crippen molar-refractivity contribution in [2.24, 2.45) is 10.7 Å². The molecular formula is C22H28N6O2. The zero-order valence-corrected chi connectivity index (χ0v) is 18.0. The number of rotatable bonds is 6. The fourth-order valence-corrected chi connectivity index (χ4v) is 3.35. The molecule has 0 bridgehead atoms. The summed E-state index contributed by atoms with van der Waals surface area (Å²) < 4.78 is 5.22. The molecule has 158 valence electrons. The monoisotopic (exact) mass is 408 g/mol. The molecule has 3 N–H and O–H groups in total. The lowest BCUT2D eigenvalue weighted by Crippen LogP contribution is -2.42. The van der Waals surface area contributed by atoms with Crippen LogP contribution in [0.25, 0.3) is 10.9 Å². The Labute approximate surface area is 176 Å². The summed E-state index contributed by atoms with van der Waals surface area (Å²) in [5.74, 6) is 1.08.